The van der Waals surface area contributed by atoms with Crippen LogP contribution in [0.5, 0.6) is 17.2 Å². The van der Waals surface area contributed by atoms with Gasteiger partial charge in [0.2, 0.25) is 10.0 Å². The van der Waals surface area contributed by atoms with E-state index in [2.05, 4.69) is 4.72 Å². The number of nitrogens with one attached hydrogen (secondary N) is 1. The van der Waals surface area contributed by atoms with Gasteiger partial charge in [-0.15, -0.1) is 0 Å². The molecule has 0 atom stereocenters. The molecule has 2 aromatic rings. The molecule has 120 valence electrons. The van der Waals surface area contributed by atoms with Gasteiger partial charge in [0, 0.05) is 12.5 Å². The lowest BCUT2D eigenvalue weighted by atomic mass is 10.0. The third kappa shape index (κ3) is 3.62. The molecule has 1 aliphatic rings. The number of carbonyl (C=O) groups is 1. The highest BCUT2D eigenvalue weighted by Gasteiger charge is 2.23. The summed E-state index contributed by atoms with van der Waals surface area (Å²) in [6, 6.07) is 11.9. The maximum absolute atomic E-state index is 12.0. The number of rotatable bonds is 4. The Balaban J connectivity index is 2.07. The maximum atomic E-state index is 12.0. The number of ketones is 1. The van der Waals surface area contributed by atoms with Crippen molar-refractivity contribution in [1.29, 1.82) is 0 Å². The number of Topliss-reactive ketones (excluding diaryl/α,β-unsaturated/α-hetero) is 1. The average Bonchev–Trinajstić information content (AvgIpc) is 2.48. The molecule has 0 aromatic heterocycles. The van der Waals surface area contributed by atoms with Crippen molar-refractivity contribution >= 4 is 21.5 Å². The van der Waals surface area contributed by atoms with Crippen LogP contribution in [0.15, 0.2) is 42.5 Å². The van der Waals surface area contributed by atoms with Gasteiger partial charge in [-0.1, -0.05) is 18.2 Å². The van der Waals surface area contributed by atoms with E-state index in [-0.39, 0.29) is 30.2 Å². The summed E-state index contributed by atoms with van der Waals surface area (Å²) in [5.41, 5.74) is 0.617. The molecule has 3 rings (SSSR count). The molecule has 0 saturated carbocycles. The SMILES string of the molecule is CS(=O)(=O)Nc1cc2c(cc1Oc1ccccc1)C(=O)CCO2. The van der Waals surface area contributed by atoms with Crippen molar-refractivity contribution in [3.05, 3.63) is 48.0 Å². The number of para-hydroxylation sites is 1. The zero-order chi connectivity index (χ0) is 16.4. The summed E-state index contributed by atoms with van der Waals surface area (Å²) in [7, 11) is -3.50. The van der Waals surface area contributed by atoms with E-state index >= 15 is 0 Å². The normalized spacial score (nSPS) is 13.9. The summed E-state index contributed by atoms with van der Waals surface area (Å²) in [5.74, 6) is 1.08. The van der Waals surface area contributed by atoms with Crippen LogP contribution in [0.4, 0.5) is 5.69 Å². The minimum atomic E-state index is -3.50. The number of ether oxygens (including phenoxy) is 2. The summed E-state index contributed by atoms with van der Waals surface area (Å²) in [4.78, 5) is 12.0. The highest BCUT2D eigenvalue weighted by Crippen LogP contribution is 2.38. The Bertz CT molecular complexity index is 846. The van der Waals surface area contributed by atoms with Crippen molar-refractivity contribution < 1.29 is 22.7 Å². The minimum Gasteiger partial charge on any atom is -0.492 e. The zero-order valence-electron chi connectivity index (χ0n) is 12.4. The summed E-state index contributed by atoms with van der Waals surface area (Å²) in [6.07, 6.45) is 1.33. The molecule has 0 amide bonds. The molecule has 0 unspecified atom stereocenters. The molecule has 6 nitrogen and oxygen atoms in total. The van der Waals surface area contributed by atoms with E-state index in [4.69, 9.17) is 9.47 Å². The van der Waals surface area contributed by atoms with E-state index in [1.807, 2.05) is 6.07 Å². The Labute approximate surface area is 134 Å². The molecule has 23 heavy (non-hydrogen) atoms. The van der Waals surface area contributed by atoms with Gasteiger partial charge in [0.25, 0.3) is 0 Å². The van der Waals surface area contributed by atoms with Gasteiger partial charge in [-0.2, -0.15) is 0 Å². The van der Waals surface area contributed by atoms with Crippen molar-refractivity contribution in [3.63, 3.8) is 0 Å². The Morgan fingerprint density at radius 1 is 1.17 bits per heavy atom. The Morgan fingerprint density at radius 3 is 2.61 bits per heavy atom. The first kappa shape index (κ1) is 15.4. The summed E-state index contributed by atoms with van der Waals surface area (Å²) < 4.78 is 36.7. The predicted octanol–water partition coefficient (Wildman–Crippen LogP) is 2.82. The fourth-order valence-electron chi connectivity index (χ4n) is 2.27. The quantitative estimate of drug-likeness (QED) is 0.930. The molecule has 0 spiro atoms. The van der Waals surface area contributed by atoms with Crippen LogP contribution in [-0.4, -0.2) is 27.1 Å². The smallest absolute Gasteiger partial charge is 0.229 e. The zero-order valence-corrected chi connectivity index (χ0v) is 13.2. The van der Waals surface area contributed by atoms with Crippen LogP contribution in [-0.2, 0) is 10.0 Å². The third-order valence-corrected chi connectivity index (χ3v) is 3.83. The number of carbonyl (C=O) groups excluding carboxylic acids is 1. The van der Waals surface area contributed by atoms with E-state index in [1.165, 1.54) is 12.1 Å². The van der Waals surface area contributed by atoms with E-state index in [0.717, 1.165) is 6.26 Å². The summed E-state index contributed by atoms with van der Waals surface area (Å²) in [5, 5.41) is 0. The largest absolute Gasteiger partial charge is 0.492 e. The fraction of sp³-hybridized carbons (Fsp3) is 0.188. The highest BCUT2D eigenvalue weighted by atomic mass is 32.2. The second-order valence-corrected chi connectivity index (χ2v) is 6.90. The van der Waals surface area contributed by atoms with Crippen LogP contribution in [0, 0.1) is 0 Å². The van der Waals surface area contributed by atoms with Crippen molar-refractivity contribution in [1.82, 2.24) is 0 Å². The standard InChI is InChI=1S/C16H15NO5S/c1-23(19,20)17-13-10-15-12(14(18)7-8-21-15)9-16(13)22-11-5-3-2-4-6-11/h2-6,9-10,17H,7-8H2,1H3. The van der Waals surface area contributed by atoms with Crippen LogP contribution >= 0.6 is 0 Å². The number of benzene rings is 2. The van der Waals surface area contributed by atoms with E-state index < -0.39 is 10.0 Å². The van der Waals surface area contributed by atoms with Gasteiger partial charge in [0.05, 0.1) is 24.1 Å². The van der Waals surface area contributed by atoms with Gasteiger partial charge < -0.3 is 9.47 Å². The molecule has 7 heteroatoms. The molecule has 0 fully saturated rings. The molecule has 0 saturated heterocycles. The lowest BCUT2D eigenvalue weighted by Crippen LogP contribution is -2.17. The van der Waals surface area contributed by atoms with Gasteiger partial charge in [0.1, 0.15) is 11.5 Å². The second kappa shape index (κ2) is 5.92. The van der Waals surface area contributed by atoms with Gasteiger partial charge in [0.15, 0.2) is 11.5 Å². The number of sulfonamides is 1. The Morgan fingerprint density at radius 2 is 1.91 bits per heavy atom. The van der Waals surface area contributed by atoms with Gasteiger partial charge in [-0.3, -0.25) is 9.52 Å². The van der Waals surface area contributed by atoms with E-state index in [0.29, 0.717) is 17.1 Å². The van der Waals surface area contributed by atoms with Gasteiger partial charge >= 0.3 is 0 Å². The molecule has 0 radical (unpaired) electrons. The fourth-order valence-corrected chi connectivity index (χ4v) is 2.82. The topological polar surface area (TPSA) is 81.7 Å². The van der Waals surface area contributed by atoms with Crippen LogP contribution in [0.25, 0.3) is 0 Å². The maximum Gasteiger partial charge on any atom is 0.229 e. The van der Waals surface area contributed by atoms with Crippen LogP contribution in [0.2, 0.25) is 0 Å². The van der Waals surface area contributed by atoms with Crippen molar-refractivity contribution in [3.8, 4) is 17.2 Å². The van der Waals surface area contributed by atoms with Crippen LogP contribution in [0.3, 0.4) is 0 Å². The van der Waals surface area contributed by atoms with Crippen LogP contribution in [0.1, 0.15) is 16.8 Å². The van der Waals surface area contributed by atoms with Gasteiger partial charge in [-0.25, -0.2) is 8.42 Å². The number of hydrogen-bond donors (Lipinski definition) is 1. The summed E-state index contributed by atoms with van der Waals surface area (Å²) in [6.45, 7) is 0.281. The third-order valence-electron chi connectivity index (χ3n) is 3.24. The van der Waals surface area contributed by atoms with E-state index in [1.54, 1.807) is 24.3 Å². The number of fused-ring (bicyclic) bond motifs is 1. The molecular formula is C16H15NO5S. The molecule has 1 aliphatic heterocycles. The molecule has 2 aromatic carbocycles. The summed E-state index contributed by atoms with van der Waals surface area (Å²) >= 11 is 0. The number of hydrogen-bond acceptors (Lipinski definition) is 5. The lowest BCUT2D eigenvalue weighted by molar-refractivity contribution is 0.0933. The monoisotopic (exact) mass is 333 g/mol. The minimum absolute atomic E-state index is 0.0601. The average molecular weight is 333 g/mol. The molecular weight excluding hydrogens is 318 g/mol. The van der Waals surface area contributed by atoms with E-state index in [9.17, 15) is 13.2 Å². The van der Waals surface area contributed by atoms with Crippen molar-refractivity contribution in [2.24, 2.45) is 0 Å². The Hall–Kier alpha value is -2.54. The van der Waals surface area contributed by atoms with Crippen LogP contribution < -0.4 is 14.2 Å². The first-order valence-electron chi connectivity index (χ1n) is 6.97. The first-order chi connectivity index (χ1) is 10.9. The predicted molar refractivity (Wildman–Crippen MR) is 85.9 cm³/mol. The molecule has 0 bridgehead atoms. The Kier molecular flexibility index (Phi) is 3.96. The molecule has 1 heterocycles. The van der Waals surface area contributed by atoms with Gasteiger partial charge in [-0.05, 0) is 18.2 Å². The molecule has 1 N–H and O–H groups in total. The highest BCUT2D eigenvalue weighted by molar-refractivity contribution is 7.92. The lowest BCUT2D eigenvalue weighted by Gasteiger charge is -2.20. The number of anilines is 1. The van der Waals surface area contributed by atoms with Crippen molar-refractivity contribution in [2.75, 3.05) is 17.6 Å². The molecule has 0 aliphatic carbocycles. The first-order valence-corrected chi connectivity index (χ1v) is 8.86. The second-order valence-electron chi connectivity index (χ2n) is 5.16. The van der Waals surface area contributed by atoms with Crippen molar-refractivity contribution in [2.45, 2.75) is 6.42 Å².